The van der Waals surface area contributed by atoms with Crippen LogP contribution < -0.4 is 0 Å². The average Bonchev–Trinajstić information content (AvgIpc) is 1.95. The van der Waals surface area contributed by atoms with Crippen molar-refractivity contribution in [2.75, 3.05) is 0 Å². The van der Waals surface area contributed by atoms with Crippen LogP contribution in [-0.2, 0) is 4.79 Å². The molecule has 3 aliphatic rings. The maximum Gasteiger partial charge on any atom is 0.144 e. The van der Waals surface area contributed by atoms with Crippen molar-refractivity contribution < 1.29 is 4.79 Å². The van der Waals surface area contributed by atoms with E-state index >= 15 is 0 Å². The van der Waals surface area contributed by atoms with Gasteiger partial charge in [0.15, 0.2) is 0 Å². The summed E-state index contributed by atoms with van der Waals surface area (Å²) in [4.78, 5) is 11.3. The lowest BCUT2D eigenvalue weighted by Gasteiger charge is -2.52. The van der Waals surface area contributed by atoms with E-state index < -0.39 is 0 Å². The number of rotatable bonds is 0. The Morgan fingerprint density at radius 3 is 2.70 bits per heavy atom. The minimum absolute atomic E-state index is 0.134. The van der Waals surface area contributed by atoms with E-state index in [0.29, 0.717) is 5.78 Å². The Morgan fingerprint density at radius 2 is 2.40 bits per heavy atom. The Labute approximate surface area is 65.7 Å². The smallest absolute Gasteiger partial charge is 0.144 e. The van der Waals surface area contributed by atoms with E-state index in [1.807, 2.05) is 6.92 Å². The molecule has 0 amide bonds. The maximum absolute atomic E-state index is 11.3. The second kappa shape index (κ2) is 1.76. The normalized spacial score (nSPS) is 52.4. The van der Waals surface area contributed by atoms with Gasteiger partial charge >= 0.3 is 0 Å². The van der Waals surface area contributed by atoms with Gasteiger partial charge in [-0.25, -0.2) is 0 Å². The Hall–Kier alpha value is -0.0400. The minimum Gasteiger partial charge on any atom is -0.299 e. The molecule has 2 heteroatoms. The molecule has 2 bridgehead atoms. The zero-order valence-corrected chi connectivity index (χ0v) is 6.82. The summed E-state index contributed by atoms with van der Waals surface area (Å²) in [7, 11) is 0. The largest absolute Gasteiger partial charge is 0.299 e. The molecule has 56 valence electrons. The minimum atomic E-state index is -0.134. The number of hydrogen-bond donors (Lipinski definition) is 0. The number of carbonyl (C=O) groups is 1. The van der Waals surface area contributed by atoms with Crippen LogP contribution in [0.2, 0.25) is 0 Å². The molecule has 10 heavy (non-hydrogen) atoms. The van der Waals surface area contributed by atoms with Gasteiger partial charge in [-0.3, -0.25) is 4.79 Å². The number of halogens is 1. The van der Waals surface area contributed by atoms with Crippen molar-refractivity contribution in [2.24, 2.45) is 11.3 Å². The van der Waals surface area contributed by atoms with Crippen molar-refractivity contribution in [3.8, 4) is 0 Å². The second-order valence-corrected chi connectivity index (χ2v) is 4.15. The van der Waals surface area contributed by atoms with Crippen molar-refractivity contribution in [3.05, 3.63) is 0 Å². The van der Waals surface area contributed by atoms with E-state index in [0.717, 1.165) is 12.8 Å². The lowest BCUT2D eigenvalue weighted by molar-refractivity contribution is -0.149. The average molecular weight is 159 g/mol. The highest BCUT2D eigenvalue weighted by molar-refractivity contribution is 6.28. The first kappa shape index (κ1) is 6.66. The van der Waals surface area contributed by atoms with Crippen LogP contribution in [0.15, 0.2) is 0 Å². The first-order valence-corrected chi connectivity index (χ1v) is 4.28. The predicted molar refractivity (Wildman–Crippen MR) is 40.1 cm³/mol. The third-order valence-corrected chi connectivity index (χ3v) is 3.86. The van der Waals surface area contributed by atoms with Gasteiger partial charge in [-0.15, -0.1) is 11.6 Å². The van der Waals surface area contributed by atoms with Gasteiger partial charge in [0.05, 0.1) is 5.38 Å². The topological polar surface area (TPSA) is 17.1 Å². The molecule has 3 fully saturated rings. The van der Waals surface area contributed by atoms with E-state index in [1.165, 1.54) is 6.42 Å². The van der Waals surface area contributed by atoms with Gasteiger partial charge in [-0.1, -0.05) is 13.3 Å². The quantitative estimate of drug-likeness (QED) is 0.493. The molecule has 0 aromatic heterocycles. The summed E-state index contributed by atoms with van der Waals surface area (Å²) in [6.07, 6.45) is 3.23. The highest BCUT2D eigenvalue weighted by Gasteiger charge is 2.59. The van der Waals surface area contributed by atoms with Gasteiger partial charge in [-0.05, 0) is 12.8 Å². The van der Waals surface area contributed by atoms with Gasteiger partial charge in [0.25, 0.3) is 0 Å². The molecule has 3 atom stereocenters. The zero-order valence-electron chi connectivity index (χ0n) is 6.06. The summed E-state index contributed by atoms with van der Waals surface area (Å²) in [5.41, 5.74) is -0.134. The summed E-state index contributed by atoms with van der Waals surface area (Å²) >= 11 is 6.03. The van der Waals surface area contributed by atoms with Crippen LogP contribution in [0, 0.1) is 11.3 Å². The van der Waals surface area contributed by atoms with Crippen LogP contribution in [-0.4, -0.2) is 11.2 Å². The van der Waals surface area contributed by atoms with E-state index in [-0.39, 0.29) is 16.7 Å². The molecule has 1 nitrogen and oxygen atoms in total. The number of fused-ring (bicyclic) bond motifs is 2. The summed E-state index contributed by atoms with van der Waals surface area (Å²) < 4.78 is 0. The predicted octanol–water partition coefficient (Wildman–Crippen LogP) is 1.98. The molecule has 3 aliphatic carbocycles. The molecule has 0 radical (unpaired) electrons. The Bertz CT molecular complexity index is 190. The molecule has 0 unspecified atom stereocenters. The Balaban J connectivity index is 2.28. The lowest BCUT2D eigenvalue weighted by atomic mass is 9.54. The fraction of sp³-hybridized carbons (Fsp3) is 0.875. The lowest BCUT2D eigenvalue weighted by Crippen LogP contribution is -2.60. The van der Waals surface area contributed by atoms with Gasteiger partial charge in [0, 0.05) is 11.3 Å². The molecule has 0 heterocycles. The van der Waals surface area contributed by atoms with Crippen molar-refractivity contribution in [3.63, 3.8) is 0 Å². The molecule has 0 aromatic carbocycles. The van der Waals surface area contributed by atoms with Gasteiger partial charge in [-0.2, -0.15) is 0 Å². The molecule has 0 spiro atoms. The van der Waals surface area contributed by atoms with Crippen molar-refractivity contribution >= 4 is 17.4 Å². The van der Waals surface area contributed by atoms with E-state index in [2.05, 4.69) is 0 Å². The van der Waals surface area contributed by atoms with Gasteiger partial charge in [0.2, 0.25) is 0 Å². The molecule has 0 N–H and O–H groups in total. The molecular weight excluding hydrogens is 148 g/mol. The summed E-state index contributed by atoms with van der Waals surface area (Å²) in [6.45, 7) is 2.00. The molecule has 3 rings (SSSR count). The van der Waals surface area contributed by atoms with Crippen molar-refractivity contribution in [2.45, 2.75) is 31.6 Å². The van der Waals surface area contributed by atoms with Crippen LogP contribution in [0.4, 0.5) is 0 Å². The number of ketones is 1. The van der Waals surface area contributed by atoms with Crippen LogP contribution in [0.1, 0.15) is 26.2 Å². The zero-order chi connectivity index (χ0) is 7.35. The Morgan fingerprint density at radius 1 is 1.70 bits per heavy atom. The molecular formula is C8H11ClO. The van der Waals surface area contributed by atoms with Gasteiger partial charge in [0.1, 0.15) is 5.78 Å². The van der Waals surface area contributed by atoms with Crippen molar-refractivity contribution in [1.82, 2.24) is 0 Å². The van der Waals surface area contributed by atoms with E-state index in [9.17, 15) is 4.79 Å². The number of Topliss-reactive ketones (excluding diaryl/α,β-unsaturated/α-hetero) is 1. The molecule has 3 saturated carbocycles. The fourth-order valence-electron chi connectivity index (χ4n) is 2.27. The van der Waals surface area contributed by atoms with Crippen molar-refractivity contribution in [1.29, 1.82) is 0 Å². The standard InChI is InChI=1S/C8H11ClO/c1-8-4-2-3-5(6(8)9)7(8)10/h5-6H,2-4H2,1H3/t5-,6-,8+/m1/s1. The third-order valence-electron chi connectivity index (χ3n) is 3.07. The number of carbonyl (C=O) groups excluding carboxylic acids is 1. The number of alkyl halides is 1. The first-order valence-electron chi connectivity index (χ1n) is 3.84. The van der Waals surface area contributed by atoms with Crippen LogP contribution in [0.3, 0.4) is 0 Å². The second-order valence-electron chi connectivity index (χ2n) is 3.68. The van der Waals surface area contributed by atoms with E-state index in [1.54, 1.807) is 0 Å². The molecule has 0 aliphatic heterocycles. The molecule has 0 aromatic rings. The maximum atomic E-state index is 11.3. The summed E-state index contributed by atoms with van der Waals surface area (Å²) in [5.74, 6) is 0.624. The molecule has 0 saturated heterocycles. The monoisotopic (exact) mass is 158 g/mol. The van der Waals surface area contributed by atoms with Gasteiger partial charge < -0.3 is 0 Å². The Kier molecular flexibility index (Phi) is 1.17. The van der Waals surface area contributed by atoms with Crippen LogP contribution >= 0.6 is 11.6 Å². The fourth-order valence-corrected chi connectivity index (χ4v) is 2.72. The third kappa shape index (κ3) is 0.531. The van der Waals surface area contributed by atoms with Crippen LogP contribution in [0.5, 0.6) is 0 Å². The van der Waals surface area contributed by atoms with E-state index in [4.69, 9.17) is 11.6 Å². The number of hydrogen-bond acceptors (Lipinski definition) is 1. The first-order chi connectivity index (χ1) is 4.66. The highest BCUT2D eigenvalue weighted by atomic mass is 35.5. The summed E-state index contributed by atoms with van der Waals surface area (Å²) in [6, 6.07) is 0. The SMILES string of the molecule is C[C@@]12CCC[C@@H](C1=O)[C@H]2Cl. The summed E-state index contributed by atoms with van der Waals surface area (Å²) in [5, 5.41) is 0.147. The van der Waals surface area contributed by atoms with Crippen LogP contribution in [0.25, 0.3) is 0 Å². The highest BCUT2D eigenvalue weighted by Crippen LogP contribution is 2.54.